The zero-order valence-electron chi connectivity index (χ0n) is 5.50. The Kier molecular flexibility index (Phi) is 5.13. The van der Waals surface area contributed by atoms with Gasteiger partial charge in [-0.2, -0.15) is 0 Å². The monoisotopic (exact) mass is 164 g/mol. The Labute approximate surface area is 66.8 Å². The highest BCUT2D eigenvalue weighted by Crippen LogP contribution is 1.92. The number of thiol groups is 1. The average molecular weight is 164 g/mol. The van der Waals surface area contributed by atoms with E-state index < -0.39 is 0 Å². The summed E-state index contributed by atoms with van der Waals surface area (Å²) in [6.45, 7) is 1.61. The van der Waals surface area contributed by atoms with E-state index in [0.29, 0.717) is 10.9 Å². The van der Waals surface area contributed by atoms with E-state index in [2.05, 4.69) is 12.6 Å². The minimum Gasteiger partial charge on any atom is -0.361 e. The molecule has 0 atom stereocenters. The predicted octanol–water partition coefficient (Wildman–Crippen LogP) is 0.482. The molecule has 0 spiro atoms. The molecule has 0 aliphatic carbocycles. The molecule has 0 bridgehead atoms. The first-order chi connectivity index (χ1) is 4.18. The molecule has 4 heteroatoms. The zero-order chi connectivity index (χ0) is 7.28. The first-order valence-electron chi connectivity index (χ1n) is 2.82. The maximum atomic E-state index is 5.28. The van der Waals surface area contributed by atoms with Crippen molar-refractivity contribution in [2.45, 2.75) is 6.42 Å². The van der Waals surface area contributed by atoms with Crippen LogP contribution in [-0.4, -0.2) is 29.4 Å². The standard InChI is InChI=1S/C5H12N2S2/c1-7(5(8)9)4-2-3-6/h2-4,6H2,1H3,(H,8,9). The van der Waals surface area contributed by atoms with Crippen LogP contribution in [0.25, 0.3) is 0 Å². The van der Waals surface area contributed by atoms with Crippen molar-refractivity contribution in [3.8, 4) is 0 Å². The maximum absolute atomic E-state index is 5.28. The Morgan fingerprint density at radius 2 is 2.33 bits per heavy atom. The quantitative estimate of drug-likeness (QED) is 0.470. The number of hydrogen-bond acceptors (Lipinski definition) is 2. The Bertz CT molecular complexity index is 95.0. The molecule has 0 aromatic carbocycles. The Morgan fingerprint density at radius 3 is 2.67 bits per heavy atom. The van der Waals surface area contributed by atoms with Gasteiger partial charge in [0.1, 0.15) is 4.32 Å². The molecule has 0 fully saturated rings. The van der Waals surface area contributed by atoms with Crippen molar-refractivity contribution >= 4 is 29.2 Å². The van der Waals surface area contributed by atoms with E-state index in [4.69, 9.17) is 18.0 Å². The third-order valence-corrected chi connectivity index (χ3v) is 1.68. The van der Waals surface area contributed by atoms with Crippen LogP contribution in [0.5, 0.6) is 0 Å². The van der Waals surface area contributed by atoms with E-state index in [1.807, 2.05) is 11.9 Å². The Hall–Kier alpha value is 0.200. The summed E-state index contributed by atoms with van der Waals surface area (Å²) in [4.78, 5) is 1.89. The largest absolute Gasteiger partial charge is 0.361 e. The lowest BCUT2D eigenvalue weighted by Crippen LogP contribution is -2.23. The summed E-state index contributed by atoms with van der Waals surface area (Å²) < 4.78 is 0.628. The lowest BCUT2D eigenvalue weighted by atomic mass is 10.4. The summed E-state index contributed by atoms with van der Waals surface area (Å²) in [6.07, 6.45) is 0.969. The minimum atomic E-state index is 0.628. The smallest absolute Gasteiger partial charge is 0.133 e. The van der Waals surface area contributed by atoms with Crippen molar-refractivity contribution < 1.29 is 0 Å². The van der Waals surface area contributed by atoms with Gasteiger partial charge < -0.3 is 10.6 Å². The fourth-order valence-electron chi connectivity index (χ4n) is 0.424. The van der Waals surface area contributed by atoms with Crippen molar-refractivity contribution in [3.63, 3.8) is 0 Å². The van der Waals surface area contributed by atoms with E-state index in [1.54, 1.807) is 0 Å². The van der Waals surface area contributed by atoms with Gasteiger partial charge >= 0.3 is 0 Å². The second-order valence-corrected chi connectivity index (χ2v) is 2.96. The van der Waals surface area contributed by atoms with Crippen LogP contribution in [0, 0.1) is 0 Å². The Morgan fingerprint density at radius 1 is 1.78 bits per heavy atom. The summed E-state index contributed by atoms with van der Waals surface area (Å²) in [5.41, 5.74) is 5.28. The highest BCUT2D eigenvalue weighted by molar-refractivity contribution is 8.10. The molecule has 0 amide bonds. The summed E-state index contributed by atoms with van der Waals surface area (Å²) in [7, 11) is 1.91. The number of nitrogens with two attached hydrogens (primary N) is 1. The number of rotatable bonds is 3. The van der Waals surface area contributed by atoms with Gasteiger partial charge in [-0.1, -0.05) is 12.2 Å². The van der Waals surface area contributed by atoms with E-state index in [0.717, 1.165) is 13.0 Å². The topological polar surface area (TPSA) is 29.3 Å². The second kappa shape index (κ2) is 5.02. The van der Waals surface area contributed by atoms with E-state index in [1.165, 1.54) is 0 Å². The molecule has 2 nitrogen and oxygen atoms in total. The maximum Gasteiger partial charge on any atom is 0.133 e. The number of nitrogens with zero attached hydrogens (tertiary/aromatic N) is 1. The van der Waals surface area contributed by atoms with Crippen LogP contribution < -0.4 is 5.73 Å². The molecule has 0 aliphatic rings. The summed E-state index contributed by atoms with van der Waals surface area (Å²) in [5, 5.41) is 0. The second-order valence-electron chi connectivity index (χ2n) is 1.85. The van der Waals surface area contributed by atoms with E-state index in [9.17, 15) is 0 Å². The highest BCUT2D eigenvalue weighted by atomic mass is 32.1. The highest BCUT2D eigenvalue weighted by Gasteiger charge is 1.95. The molecule has 0 saturated carbocycles. The van der Waals surface area contributed by atoms with Crippen molar-refractivity contribution in [1.82, 2.24) is 4.90 Å². The molecule has 0 aliphatic heterocycles. The van der Waals surface area contributed by atoms with Gasteiger partial charge in [-0.25, -0.2) is 0 Å². The fourth-order valence-corrected chi connectivity index (χ4v) is 0.615. The predicted molar refractivity (Wildman–Crippen MR) is 47.9 cm³/mol. The first kappa shape index (κ1) is 9.20. The van der Waals surface area contributed by atoms with Crippen LogP contribution in [-0.2, 0) is 0 Å². The van der Waals surface area contributed by atoms with Gasteiger partial charge in [-0.05, 0) is 13.0 Å². The van der Waals surface area contributed by atoms with Crippen molar-refractivity contribution in [3.05, 3.63) is 0 Å². The minimum absolute atomic E-state index is 0.628. The number of hydrogen-bond donors (Lipinski definition) is 2. The molecule has 0 unspecified atom stereocenters. The van der Waals surface area contributed by atoms with E-state index >= 15 is 0 Å². The summed E-state index contributed by atoms with van der Waals surface area (Å²) >= 11 is 8.76. The van der Waals surface area contributed by atoms with Gasteiger partial charge in [0, 0.05) is 13.6 Å². The van der Waals surface area contributed by atoms with Gasteiger partial charge in [-0.3, -0.25) is 0 Å². The lowest BCUT2D eigenvalue weighted by Gasteiger charge is -2.14. The lowest BCUT2D eigenvalue weighted by molar-refractivity contribution is 0.508. The summed E-state index contributed by atoms with van der Waals surface area (Å²) in [6, 6.07) is 0. The molecule has 54 valence electrons. The van der Waals surface area contributed by atoms with Crippen LogP contribution in [0.15, 0.2) is 0 Å². The summed E-state index contributed by atoms with van der Waals surface area (Å²) in [5.74, 6) is 0. The van der Waals surface area contributed by atoms with Crippen molar-refractivity contribution in [1.29, 1.82) is 0 Å². The first-order valence-corrected chi connectivity index (χ1v) is 3.68. The third kappa shape index (κ3) is 4.69. The van der Waals surface area contributed by atoms with Crippen LogP contribution >= 0.6 is 24.8 Å². The Balaban J connectivity index is 3.27. The molecule has 0 saturated heterocycles. The normalized spacial score (nSPS) is 9.22. The van der Waals surface area contributed by atoms with Crippen LogP contribution in [0.2, 0.25) is 0 Å². The molecule has 0 aromatic rings. The molecule has 0 heterocycles. The van der Waals surface area contributed by atoms with Gasteiger partial charge in [0.25, 0.3) is 0 Å². The third-order valence-electron chi connectivity index (χ3n) is 1.02. The SMILES string of the molecule is CN(CCCN)C(=S)S. The van der Waals surface area contributed by atoms with Crippen LogP contribution in [0.4, 0.5) is 0 Å². The zero-order valence-corrected chi connectivity index (χ0v) is 7.21. The fraction of sp³-hybridized carbons (Fsp3) is 0.800. The van der Waals surface area contributed by atoms with Gasteiger partial charge in [0.15, 0.2) is 0 Å². The van der Waals surface area contributed by atoms with Gasteiger partial charge in [0.05, 0.1) is 0 Å². The average Bonchev–Trinajstić information content (AvgIpc) is 1.82. The molecular formula is C5H12N2S2. The van der Waals surface area contributed by atoms with E-state index in [-0.39, 0.29) is 0 Å². The molecule has 2 N–H and O–H groups in total. The van der Waals surface area contributed by atoms with Crippen molar-refractivity contribution in [2.24, 2.45) is 5.73 Å². The molecule has 9 heavy (non-hydrogen) atoms. The number of thiocarbonyl (C=S) groups is 1. The molecule has 0 radical (unpaired) electrons. The molecule has 0 aromatic heterocycles. The van der Waals surface area contributed by atoms with Gasteiger partial charge in [0.2, 0.25) is 0 Å². The molecule has 0 rings (SSSR count). The van der Waals surface area contributed by atoms with Crippen LogP contribution in [0.1, 0.15) is 6.42 Å². The van der Waals surface area contributed by atoms with Crippen molar-refractivity contribution in [2.75, 3.05) is 20.1 Å². The van der Waals surface area contributed by atoms with Gasteiger partial charge in [-0.15, -0.1) is 12.6 Å². The van der Waals surface area contributed by atoms with Crippen LogP contribution in [0.3, 0.4) is 0 Å². The molecular weight excluding hydrogens is 152 g/mol.